The molecule has 1 aliphatic rings. The molecule has 1 saturated heterocycles. The van der Waals surface area contributed by atoms with Crippen molar-refractivity contribution in [3.63, 3.8) is 0 Å². The first-order valence-electron chi connectivity index (χ1n) is 6.88. The molecule has 1 heterocycles. The van der Waals surface area contributed by atoms with E-state index in [9.17, 15) is 9.90 Å². The molecule has 0 saturated carbocycles. The van der Waals surface area contributed by atoms with Gasteiger partial charge in [0.2, 0.25) is 0 Å². The fourth-order valence-corrected chi connectivity index (χ4v) is 2.35. The second-order valence-electron chi connectivity index (χ2n) is 5.04. The number of aliphatic hydroxyl groups is 1. The van der Waals surface area contributed by atoms with Gasteiger partial charge in [0.25, 0.3) is 0 Å². The fraction of sp³-hybridized carbons (Fsp3) is 0.500. The molecular weight excluding hydrogens is 294 g/mol. The zero-order chi connectivity index (χ0) is 15.2. The van der Waals surface area contributed by atoms with Gasteiger partial charge in [-0.25, -0.2) is 4.79 Å². The summed E-state index contributed by atoms with van der Waals surface area (Å²) in [6.45, 7) is 3.35. The molecule has 0 aliphatic carbocycles. The van der Waals surface area contributed by atoms with Crippen LogP contribution in [0.1, 0.15) is 0 Å². The van der Waals surface area contributed by atoms with Crippen LogP contribution in [0.5, 0.6) is 5.75 Å². The van der Waals surface area contributed by atoms with E-state index in [1.54, 1.807) is 29.2 Å². The summed E-state index contributed by atoms with van der Waals surface area (Å²) in [6.07, 6.45) is -0.583. The Labute approximate surface area is 129 Å². The molecule has 1 aliphatic heterocycles. The highest BCUT2D eigenvalue weighted by Gasteiger charge is 2.21. The van der Waals surface area contributed by atoms with Crippen molar-refractivity contribution in [1.82, 2.24) is 9.80 Å². The summed E-state index contributed by atoms with van der Waals surface area (Å²) >= 11 is 5.79. The Morgan fingerprint density at radius 3 is 2.48 bits per heavy atom. The lowest BCUT2D eigenvalue weighted by atomic mass is 10.2. The number of rotatable bonds is 5. The van der Waals surface area contributed by atoms with Crippen LogP contribution in [0.15, 0.2) is 24.3 Å². The second-order valence-corrected chi connectivity index (χ2v) is 5.48. The molecule has 1 unspecified atom stereocenters. The van der Waals surface area contributed by atoms with Crippen molar-refractivity contribution >= 4 is 17.6 Å². The Kier molecular flexibility index (Phi) is 5.67. The van der Waals surface area contributed by atoms with Crippen LogP contribution in [0.2, 0.25) is 5.02 Å². The molecule has 1 fully saturated rings. The Morgan fingerprint density at radius 1 is 1.29 bits per heavy atom. The number of halogens is 1. The third kappa shape index (κ3) is 5.08. The van der Waals surface area contributed by atoms with Crippen LogP contribution in [0, 0.1) is 0 Å². The smallest absolute Gasteiger partial charge is 0.314 e. The largest absolute Gasteiger partial charge is 0.491 e. The zero-order valence-corrected chi connectivity index (χ0v) is 12.5. The lowest BCUT2D eigenvalue weighted by Gasteiger charge is -2.34. The molecule has 1 aromatic carbocycles. The van der Waals surface area contributed by atoms with E-state index in [2.05, 4.69) is 4.90 Å². The molecule has 116 valence electrons. The minimum Gasteiger partial charge on any atom is -0.491 e. The van der Waals surface area contributed by atoms with E-state index in [0.717, 1.165) is 0 Å². The van der Waals surface area contributed by atoms with Gasteiger partial charge in [-0.2, -0.15) is 0 Å². The number of carbonyl (C=O) groups excluding carboxylic acids is 1. The van der Waals surface area contributed by atoms with Gasteiger partial charge >= 0.3 is 6.03 Å². The standard InChI is InChI=1S/C14H20ClN3O3/c15-11-1-3-13(4-2-11)21-10-12(19)9-17-5-7-18(8-6-17)14(16)20/h1-4,12,19H,5-10H2,(H2,16,20). The minimum absolute atomic E-state index is 0.220. The monoisotopic (exact) mass is 313 g/mol. The number of hydrogen-bond donors (Lipinski definition) is 2. The number of β-amino-alcohol motifs (C(OH)–C–C–N with tert-alkyl or cyclic N) is 1. The number of hydrogen-bond acceptors (Lipinski definition) is 4. The van der Waals surface area contributed by atoms with E-state index in [4.69, 9.17) is 22.1 Å². The Hall–Kier alpha value is -1.50. The zero-order valence-electron chi connectivity index (χ0n) is 11.7. The summed E-state index contributed by atoms with van der Waals surface area (Å²) in [7, 11) is 0. The summed E-state index contributed by atoms with van der Waals surface area (Å²) in [5.41, 5.74) is 5.23. The predicted molar refractivity (Wildman–Crippen MR) is 80.6 cm³/mol. The molecule has 2 rings (SSSR count). The number of ether oxygens (including phenoxy) is 1. The Bertz CT molecular complexity index is 461. The average molecular weight is 314 g/mol. The predicted octanol–water partition coefficient (Wildman–Crippen LogP) is 0.776. The maximum atomic E-state index is 11.0. The van der Waals surface area contributed by atoms with Gasteiger partial charge in [0.1, 0.15) is 18.5 Å². The molecule has 7 heteroatoms. The van der Waals surface area contributed by atoms with Crippen molar-refractivity contribution in [2.24, 2.45) is 5.73 Å². The number of urea groups is 1. The van der Waals surface area contributed by atoms with Crippen LogP contribution >= 0.6 is 11.6 Å². The van der Waals surface area contributed by atoms with Gasteiger partial charge in [0, 0.05) is 37.7 Å². The highest BCUT2D eigenvalue weighted by molar-refractivity contribution is 6.30. The van der Waals surface area contributed by atoms with E-state index in [1.165, 1.54) is 0 Å². The molecular formula is C14H20ClN3O3. The van der Waals surface area contributed by atoms with Crippen molar-refractivity contribution in [1.29, 1.82) is 0 Å². The number of nitrogens with two attached hydrogens (primary N) is 1. The topological polar surface area (TPSA) is 79.0 Å². The molecule has 0 bridgehead atoms. The highest BCUT2D eigenvalue weighted by Crippen LogP contribution is 2.15. The molecule has 1 atom stereocenters. The van der Waals surface area contributed by atoms with Crippen molar-refractivity contribution in [2.75, 3.05) is 39.3 Å². The number of nitrogens with zero attached hydrogens (tertiary/aromatic N) is 2. The van der Waals surface area contributed by atoms with Crippen LogP contribution in [-0.4, -0.2) is 66.4 Å². The third-order valence-electron chi connectivity index (χ3n) is 3.41. The van der Waals surface area contributed by atoms with Crippen molar-refractivity contribution in [3.05, 3.63) is 29.3 Å². The number of primary amides is 1. The van der Waals surface area contributed by atoms with E-state index in [1.807, 2.05) is 0 Å². The normalized spacial score (nSPS) is 17.5. The molecule has 6 nitrogen and oxygen atoms in total. The lowest BCUT2D eigenvalue weighted by Crippen LogP contribution is -2.52. The summed E-state index contributed by atoms with van der Waals surface area (Å²) in [6, 6.07) is 6.63. The molecule has 1 aromatic rings. The van der Waals surface area contributed by atoms with Gasteiger partial charge in [-0.3, -0.25) is 4.90 Å². The van der Waals surface area contributed by atoms with Gasteiger partial charge in [-0.15, -0.1) is 0 Å². The van der Waals surface area contributed by atoms with Crippen LogP contribution in [-0.2, 0) is 0 Å². The molecule has 0 aromatic heterocycles. The number of aliphatic hydroxyl groups excluding tert-OH is 1. The molecule has 21 heavy (non-hydrogen) atoms. The first kappa shape index (κ1) is 15.9. The van der Waals surface area contributed by atoms with Gasteiger partial charge in [0.15, 0.2) is 0 Å². The summed E-state index contributed by atoms with van der Waals surface area (Å²) in [4.78, 5) is 14.7. The first-order chi connectivity index (χ1) is 10.0. The van der Waals surface area contributed by atoms with E-state index >= 15 is 0 Å². The second kappa shape index (κ2) is 7.49. The maximum absolute atomic E-state index is 11.0. The highest BCUT2D eigenvalue weighted by atomic mass is 35.5. The fourth-order valence-electron chi connectivity index (χ4n) is 2.22. The van der Waals surface area contributed by atoms with Crippen LogP contribution in [0.3, 0.4) is 0 Å². The van der Waals surface area contributed by atoms with E-state index < -0.39 is 6.10 Å². The van der Waals surface area contributed by atoms with E-state index in [-0.39, 0.29) is 12.6 Å². The van der Waals surface area contributed by atoms with Gasteiger partial charge < -0.3 is 20.5 Å². The average Bonchev–Trinajstić information content (AvgIpc) is 2.47. The number of carbonyl (C=O) groups is 1. The van der Waals surface area contributed by atoms with Crippen LogP contribution in [0.4, 0.5) is 4.79 Å². The maximum Gasteiger partial charge on any atom is 0.314 e. The minimum atomic E-state index is -0.583. The van der Waals surface area contributed by atoms with Gasteiger partial charge in [0.05, 0.1) is 0 Å². The third-order valence-corrected chi connectivity index (χ3v) is 3.66. The van der Waals surface area contributed by atoms with Gasteiger partial charge in [-0.05, 0) is 24.3 Å². The quantitative estimate of drug-likeness (QED) is 0.842. The molecule has 0 radical (unpaired) electrons. The lowest BCUT2D eigenvalue weighted by molar-refractivity contribution is 0.0522. The Balaban J connectivity index is 1.69. The van der Waals surface area contributed by atoms with Crippen LogP contribution < -0.4 is 10.5 Å². The molecule has 2 amide bonds. The summed E-state index contributed by atoms with van der Waals surface area (Å²) in [5.74, 6) is 0.678. The van der Waals surface area contributed by atoms with Crippen molar-refractivity contribution in [2.45, 2.75) is 6.10 Å². The first-order valence-corrected chi connectivity index (χ1v) is 7.25. The van der Waals surface area contributed by atoms with Crippen LogP contribution in [0.25, 0.3) is 0 Å². The summed E-state index contributed by atoms with van der Waals surface area (Å²) < 4.78 is 5.50. The van der Waals surface area contributed by atoms with Gasteiger partial charge in [-0.1, -0.05) is 11.6 Å². The van der Waals surface area contributed by atoms with Crippen molar-refractivity contribution in [3.8, 4) is 5.75 Å². The summed E-state index contributed by atoms with van der Waals surface area (Å²) in [5, 5.41) is 10.6. The van der Waals surface area contributed by atoms with Crippen molar-refractivity contribution < 1.29 is 14.6 Å². The Morgan fingerprint density at radius 2 is 1.90 bits per heavy atom. The number of benzene rings is 1. The van der Waals surface area contributed by atoms with E-state index in [0.29, 0.717) is 43.5 Å². The molecule has 3 N–H and O–H groups in total. The number of piperazine rings is 1. The number of amides is 2. The molecule has 0 spiro atoms. The SMILES string of the molecule is NC(=O)N1CCN(CC(O)COc2ccc(Cl)cc2)CC1.